The van der Waals surface area contributed by atoms with Crippen molar-refractivity contribution in [1.29, 1.82) is 0 Å². The molecule has 1 amide bonds. The van der Waals surface area contributed by atoms with Gasteiger partial charge in [0, 0.05) is 24.2 Å². The van der Waals surface area contributed by atoms with Gasteiger partial charge in [0.2, 0.25) is 5.91 Å². The molecule has 0 atom stereocenters. The minimum absolute atomic E-state index is 0.333. The molecule has 0 aliphatic heterocycles. The van der Waals surface area contributed by atoms with E-state index in [0.29, 0.717) is 6.54 Å². The highest BCUT2D eigenvalue weighted by molar-refractivity contribution is 5.94. The average molecular weight is 291 g/mol. The second kappa shape index (κ2) is 6.92. The van der Waals surface area contributed by atoms with Gasteiger partial charge in [-0.3, -0.25) is 4.79 Å². The van der Waals surface area contributed by atoms with E-state index in [1.54, 1.807) is 12.0 Å². The van der Waals surface area contributed by atoms with Crippen LogP contribution in [-0.4, -0.2) is 34.5 Å². The van der Waals surface area contributed by atoms with Gasteiger partial charge in [-0.15, -0.1) is 0 Å². The molecule has 0 aromatic heterocycles. The number of rotatable bonds is 5. The molecule has 1 aromatic rings. The molecule has 0 unspecified atom stereocenters. The lowest BCUT2D eigenvalue weighted by molar-refractivity contribution is -0.134. The molecule has 0 saturated carbocycles. The van der Waals surface area contributed by atoms with Gasteiger partial charge in [-0.05, 0) is 38.5 Å². The number of carbonyl (C=O) groups excluding carboxylic acids is 1. The highest BCUT2D eigenvalue weighted by atomic mass is 16.5. The molecule has 0 spiro atoms. The standard InChI is InChI=1S/C16H21NO4/c1-16(2,3)17(14(18)9-10-15(19)20)11-12-5-7-13(21-4)8-6-12/h5-10H,11H2,1-4H3,(H,19,20)/b10-9+. The van der Waals surface area contributed by atoms with Gasteiger partial charge in [-0.2, -0.15) is 0 Å². The van der Waals surface area contributed by atoms with Crippen molar-refractivity contribution in [2.24, 2.45) is 0 Å². The maximum absolute atomic E-state index is 12.2. The van der Waals surface area contributed by atoms with Crippen molar-refractivity contribution in [2.45, 2.75) is 32.9 Å². The Kier molecular flexibility index (Phi) is 5.52. The van der Waals surface area contributed by atoms with Crippen molar-refractivity contribution in [1.82, 2.24) is 4.90 Å². The number of methoxy groups -OCH3 is 1. The normalized spacial score (nSPS) is 11.4. The van der Waals surface area contributed by atoms with Gasteiger partial charge in [0.1, 0.15) is 5.75 Å². The van der Waals surface area contributed by atoms with Crippen LogP contribution in [0.3, 0.4) is 0 Å². The SMILES string of the molecule is COc1ccc(CN(C(=O)/C=C/C(=O)O)C(C)(C)C)cc1. The molecule has 0 saturated heterocycles. The monoisotopic (exact) mass is 291 g/mol. The zero-order valence-electron chi connectivity index (χ0n) is 12.8. The van der Waals surface area contributed by atoms with Crippen LogP contribution in [0.1, 0.15) is 26.3 Å². The van der Waals surface area contributed by atoms with Crippen molar-refractivity contribution in [3.8, 4) is 5.75 Å². The van der Waals surface area contributed by atoms with E-state index in [0.717, 1.165) is 23.5 Å². The van der Waals surface area contributed by atoms with Crippen LogP contribution >= 0.6 is 0 Å². The predicted octanol–water partition coefficient (Wildman–Crippen LogP) is 2.46. The summed E-state index contributed by atoms with van der Waals surface area (Å²) in [5, 5.41) is 8.62. The first-order valence-electron chi connectivity index (χ1n) is 6.59. The van der Waals surface area contributed by atoms with Crippen molar-refractivity contribution in [3.63, 3.8) is 0 Å². The third-order valence-electron chi connectivity index (χ3n) is 2.94. The molecule has 5 nitrogen and oxygen atoms in total. The van der Waals surface area contributed by atoms with Gasteiger partial charge in [-0.1, -0.05) is 12.1 Å². The molecule has 0 radical (unpaired) electrons. The van der Waals surface area contributed by atoms with Gasteiger partial charge < -0.3 is 14.7 Å². The minimum atomic E-state index is -1.14. The molecule has 0 bridgehead atoms. The van der Waals surface area contributed by atoms with E-state index in [-0.39, 0.29) is 5.91 Å². The van der Waals surface area contributed by atoms with E-state index in [9.17, 15) is 9.59 Å². The summed E-state index contributed by atoms with van der Waals surface area (Å²) in [7, 11) is 1.59. The summed E-state index contributed by atoms with van der Waals surface area (Å²) in [5.74, 6) is -0.722. The lowest BCUT2D eigenvalue weighted by Crippen LogP contribution is -2.44. The van der Waals surface area contributed by atoms with Crippen LogP contribution in [0.2, 0.25) is 0 Å². The van der Waals surface area contributed by atoms with Crippen molar-refractivity contribution in [2.75, 3.05) is 7.11 Å². The summed E-state index contributed by atoms with van der Waals surface area (Å²) in [4.78, 5) is 24.3. The molecule has 114 valence electrons. The highest BCUT2D eigenvalue weighted by Crippen LogP contribution is 2.19. The zero-order valence-corrected chi connectivity index (χ0v) is 12.8. The number of carbonyl (C=O) groups is 2. The smallest absolute Gasteiger partial charge is 0.328 e. The Bertz CT molecular complexity index is 526. The van der Waals surface area contributed by atoms with E-state index in [4.69, 9.17) is 9.84 Å². The van der Waals surface area contributed by atoms with Crippen LogP contribution in [0.25, 0.3) is 0 Å². The lowest BCUT2D eigenvalue weighted by Gasteiger charge is -2.35. The third kappa shape index (κ3) is 5.30. The van der Waals surface area contributed by atoms with Gasteiger partial charge in [0.25, 0.3) is 0 Å². The van der Waals surface area contributed by atoms with Crippen molar-refractivity contribution in [3.05, 3.63) is 42.0 Å². The molecular formula is C16H21NO4. The molecule has 1 aromatic carbocycles. The Labute approximate surface area is 124 Å². The molecule has 5 heteroatoms. The number of hydrogen-bond acceptors (Lipinski definition) is 3. The fourth-order valence-electron chi connectivity index (χ4n) is 1.79. The third-order valence-corrected chi connectivity index (χ3v) is 2.94. The van der Waals surface area contributed by atoms with Crippen LogP contribution in [0.15, 0.2) is 36.4 Å². The number of carboxylic acid groups (broad SMARTS) is 1. The molecule has 0 fully saturated rings. The number of nitrogens with zero attached hydrogens (tertiary/aromatic N) is 1. The quantitative estimate of drug-likeness (QED) is 0.846. The van der Waals surface area contributed by atoms with Crippen LogP contribution in [0.5, 0.6) is 5.75 Å². The second-order valence-electron chi connectivity index (χ2n) is 5.61. The first-order valence-corrected chi connectivity index (χ1v) is 6.59. The summed E-state index contributed by atoms with van der Waals surface area (Å²) in [6, 6.07) is 7.42. The summed E-state index contributed by atoms with van der Waals surface area (Å²) in [5.41, 5.74) is 0.530. The Morgan fingerprint density at radius 2 is 1.76 bits per heavy atom. The van der Waals surface area contributed by atoms with Crippen LogP contribution in [0, 0.1) is 0 Å². The zero-order chi connectivity index (χ0) is 16.0. The predicted molar refractivity (Wildman–Crippen MR) is 80.1 cm³/mol. The molecule has 1 rings (SSSR count). The minimum Gasteiger partial charge on any atom is -0.497 e. The number of amides is 1. The summed E-state index contributed by atoms with van der Waals surface area (Å²) in [6.45, 7) is 6.12. The average Bonchev–Trinajstić information content (AvgIpc) is 2.41. The molecule has 0 aliphatic rings. The number of hydrogen-bond donors (Lipinski definition) is 1. The molecule has 0 aliphatic carbocycles. The van der Waals surface area contributed by atoms with Crippen LogP contribution in [-0.2, 0) is 16.1 Å². The summed E-state index contributed by atoms with van der Waals surface area (Å²) < 4.78 is 5.10. The molecular weight excluding hydrogens is 270 g/mol. The number of carboxylic acids is 1. The largest absolute Gasteiger partial charge is 0.497 e. The van der Waals surface area contributed by atoms with E-state index in [1.807, 2.05) is 45.0 Å². The Morgan fingerprint density at radius 1 is 1.19 bits per heavy atom. The topological polar surface area (TPSA) is 66.8 Å². The second-order valence-corrected chi connectivity index (χ2v) is 5.61. The molecule has 0 heterocycles. The van der Waals surface area contributed by atoms with E-state index in [1.165, 1.54) is 0 Å². The van der Waals surface area contributed by atoms with E-state index < -0.39 is 11.5 Å². The Hall–Kier alpha value is -2.30. The van der Waals surface area contributed by atoms with Crippen molar-refractivity contribution >= 4 is 11.9 Å². The van der Waals surface area contributed by atoms with Gasteiger partial charge in [0.05, 0.1) is 7.11 Å². The molecule has 21 heavy (non-hydrogen) atoms. The van der Waals surface area contributed by atoms with Gasteiger partial charge >= 0.3 is 5.97 Å². The fourth-order valence-corrected chi connectivity index (χ4v) is 1.79. The number of ether oxygens (including phenoxy) is 1. The van der Waals surface area contributed by atoms with Gasteiger partial charge in [0.15, 0.2) is 0 Å². The number of benzene rings is 1. The van der Waals surface area contributed by atoms with Gasteiger partial charge in [-0.25, -0.2) is 4.79 Å². The number of aliphatic carboxylic acids is 1. The highest BCUT2D eigenvalue weighted by Gasteiger charge is 2.25. The van der Waals surface area contributed by atoms with E-state index >= 15 is 0 Å². The molecule has 1 N–H and O–H groups in total. The summed E-state index contributed by atoms with van der Waals surface area (Å²) >= 11 is 0. The van der Waals surface area contributed by atoms with Crippen LogP contribution < -0.4 is 4.74 Å². The fraction of sp³-hybridized carbons (Fsp3) is 0.375. The Balaban J connectivity index is 2.93. The van der Waals surface area contributed by atoms with Crippen LogP contribution in [0.4, 0.5) is 0 Å². The first-order chi connectivity index (χ1) is 9.74. The van der Waals surface area contributed by atoms with E-state index in [2.05, 4.69) is 0 Å². The lowest BCUT2D eigenvalue weighted by atomic mass is 10.0. The van der Waals surface area contributed by atoms with Crippen molar-refractivity contribution < 1.29 is 19.4 Å². The summed E-state index contributed by atoms with van der Waals surface area (Å²) in [6.07, 6.45) is 1.94. The first kappa shape index (κ1) is 16.8. The Morgan fingerprint density at radius 3 is 2.19 bits per heavy atom. The maximum atomic E-state index is 12.2. The maximum Gasteiger partial charge on any atom is 0.328 e.